The molecule has 1 atom stereocenters. The molecule has 4 nitrogen and oxygen atoms in total. The zero-order valence-corrected chi connectivity index (χ0v) is 16.5. The molecule has 0 saturated heterocycles. The van der Waals surface area contributed by atoms with Crippen LogP contribution < -0.4 is 9.47 Å². The number of carbonyl (C=O) groups excluding carboxylic acids is 1. The van der Waals surface area contributed by atoms with E-state index < -0.39 is 0 Å². The van der Waals surface area contributed by atoms with E-state index in [0.717, 1.165) is 22.2 Å². The molecule has 0 bridgehead atoms. The number of pyridine rings is 1. The van der Waals surface area contributed by atoms with E-state index in [4.69, 9.17) is 9.47 Å². The average molecular weight is 395 g/mol. The molecule has 1 aliphatic heterocycles. The van der Waals surface area contributed by atoms with Gasteiger partial charge in [0.15, 0.2) is 5.78 Å². The van der Waals surface area contributed by atoms with Crippen molar-refractivity contribution in [3.8, 4) is 11.5 Å². The Balaban J connectivity index is 1.31. The van der Waals surface area contributed by atoms with Crippen molar-refractivity contribution in [2.45, 2.75) is 13.0 Å². The van der Waals surface area contributed by atoms with Crippen LogP contribution in [0.2, 0.25) is 0 Å². The van der Waals surface area contributed by atoms with Crippen molar-refractivity contribution in [3.05, 3.63) is 102 Å². The van der Waals surface area contributed by atoms with Crippen LogP contribution in [0.15, 0.2) is 84.9 Å². The monoisotopic (exact) mass is 395 g/mol. The number of hydrogen-bond donors (Lipinski definition) is 0. The van der Waals surface area contributed by atoms with Gasteiger partial charge in [-0.1, -0.05) is 54.6 Å². The average Bonchev–Trinajstić information content (AvgIpc) is 2.80. The zero-order valence-electron chi connectivity index (χ0n) is 16.5. The van der Waals surface area contributed by atoms with E-state index in [-0.39, 0.29) is 11.7 Å². The van der Waals surface area contributed by atoms with E-state index in [1.54, 1.807) is 6.07 Å². The predicted molar refractivity (Wildman–Crippen MR) is 116 cm³/mol. The highest BCUT2D eigenvalue weighted by Crippen LogP contribution is 2.32. The van der Waals surface area contributed by atoms with E-state index in [0.29, 0.717) is 36.7 Å². The predicted octanol–water partition coefficient (Wildman–Crippen LogP) is 5.25. The minimum Gasteiger partial charge on any atom is -0.492 e. The Morgan fingerprint density at radius 2 is 1.77 bits per heavy atom. The topological polar surface area (TPSA) is 48.4 Å². The van der Waals surface area contributed by atoms with Gasteiger partial charge in [-0.15, -0.1) is 0 Å². The molecule has 2 heterocycles. The second-order valence-electron chi connectivity index (χ2n) is 7.50. The Kier molecular flexibility index (Phi) is 4.89. The normalized spacial score (nSPS) is 15.5. The Hall–Kier alpha value is -3.66. The summed E-state index contributed by atoms with van der Waals surface area (Å²) in [6.45, 7) is 0.744. The van der Waals surface area contributed by atoms with E-state index in [1.807, 2.05) is 78.9 Å². The van der Waals surface area contributed by atoms with Crippen molar-refractivity contribution in [1.29, 1.82) is 0 Å². The van der Waals surface area contributed by atoms with E-state index in [1.165, 1.54) is 0 Å². The third kappa shape index (κ3) is 3.77. The van der Waals surface area contributed by atoms with Crippen molar-refractivity contribution < 1.29 is 14.3 Å². The van der Waals surface area contributed by atoms with Crippen molar-refractivity contribution in [2.75, 3.05) is 6.61 Å². The fourth-order valence-corrected chi connectivity index (χ4v) is 3.80. The molecule has 0 aliphatic carbocycles. The maximum absolute atomic E-state index is 13.0. The van der Waals surface area contributed by atoms with E-state index >= 15 is 0 Å². The van der Waals surface area contributed by atoms with Gasteiger partial charge in [0.2, 0.25) is 0 Å². The van der Waals surface area contributed by atoms with E-state index in [9.17, 15) is 4.79 Å². The molecule has 1 aliphatic rings. The molecular weight excluding hydrogens is 374 g/mol. The van der Waals surface area contributed by atoms with Crippen LogP contribution in [0.5, 0.6) is 11.5 Å². The molecule has 148 valence electrons. The van der Waals surface area contributed by atoms with Gasteiger partial charge < -0.3 is 9.47 Å². The fraction of sp³-hybridized carbons (Fsp3) is 0.154. The van der Waals surface area contributed by atoms with Gasteiger partial charge in [-0.05, 0) is 42.3 Å². The van der Waals surface area contributed by atoms with Crippen LogP contribution in [0.1, 0.15) is 21.6 Å². The van der Waals surface area contributed by atoms with E-state index in [2.05, 4.69) is 4.98 Å². The first-order valence-electron chi connectivity index (χ1n) is 10.1. The first-order valence-corrected chi connectivity index (χ1v) is 10.1. The summed E-state index contributed by atoms with van der Waals surface area (Å²) in [5, 5.41) is 1.10. The summed E-state index contributed by atoms with van der Waals surface area (Å²) in [5.41, 5.74) is 3.51. The highest BCUT2D eigenvalue weighted by atomic mass is 16.5. The number of ether oxygens (including phenoxy) is 2. The number of carbonyl (C=O) groups is 1. The molecule has 1 unspecified atom stereocenters. The molecule has 0 saturated carbocycles. The Morgan fingerprint density at radius 1 is 0.933 bits per heavy atom. The molecule has 3 aromatic carbocycles. The first kappa shape index (κ1) is 18.4. The number of benzene rings is 3. The largest absolute Gasteiger partial charge is 0.492 e. The number of para-hydroxylation sites is 1. The van der Waals surface area contributed by atoms with Crippen LogP contribution >= 0.6 is 0 Å². The van der Waals surface area contributed by atoms with Gasteiger partial charge in [-0.25, -0.2) is 4.98 Å². The summed E-state index contributed by atoms with van der Waals surface area (Å²) >= 11 is 0. The fourth-order valence-electron chi connectivity index (χ4n) is 3.80. The smallest absolute Gasteiger partial charge is 0.173 e. The van der Waals surface area contributed by atoms with Gasteiger partial charge in [0, 0.05) is 5.39 Å². The number of rotatable bonds is 5. The molecule has 5 rings (SSSR count). The number of Topliss-reactive ketones (excluding diaryl/α,β-unsaturated/α-hetero) is 1. The first-order chi connectivity index (χ1) is 14.8. The molecule has 0 spiro atoms. The zero-order chi connectivity index (χ0) is 20.3. The van der Waals surface area contributed by atoms with Crippen LogP contribution in [0, 0.1) is 5.92 Å². The van der Waals surface area contributed by atoms with Gasteiger partial charge in [0.05, 0.1) is 29.3 Å². The van der Waals surface area contributed by atoms with Crippen LogP contribution in [-0.2, 0) is 13.0 Å². The molecule has 0 N–H and O–H groups in total. The standard InChI is InChI=1S/C26H21NO3/c28-26-20(14-18-6-2-1-3-7-18)16-30-25-13-12-22(15-23(25)26)29-17-21-11-10-19-8-4-5-9-24(19)27-21/h1-13,15,20H,14,16-17H2. The second kappa shape index (κ2) is 7.99. The summed E-state index contributed by atoms with van der Waals surface area (Å²) < 4.78 is 11.8. The molecule has 1 aromatic heterocycles. The van der Waals surface area contributed by atoms with Crippen LogP contribution in [-0.4, -0.2) is 17.4 Å². The minimum atomic E-state index is -0.183. The lowest BCUT2D eigenvalue weighted by Crippen LogP contribution is -2.29. The lowest BCUT2D eigenvalue weighted by molar-refractivity contribution is 0.0829. The lowest BCUT2D eigenvalue weighted by Gasteiger charge is -2.24. The van der Waals surface area contributed by atoms with Gasteiger partial charge in [-0.3, -0.25) is 4.79 Å². The molecule has 0 radical (unpaired) electrons. The second-order valence-corrected chi connectivity index (χ2v) is 7.50. The van der Waals surface area contributed by atoms with Gasteiger partial charge >= 0.3 is 0 Å². The van der Waals surface area contributed by atoms with Crippen molar-refractivity contribution in [3.63, 3.8) is 0 Å². The molecule has 0 amide bonds. The highest BCUT2D eigenvalue weighted by Gasteiger charge is 2.29. The lowest BCUT2D eigenvalue weighted by atomic mass is 9.89. The third-order valence-electron chi connectivity index (χ3n) is 5.40. The van der Waals surface area contributed by atoms with Gasteiger partial charge in [-0.2, -0.15) is 0 Å². The van der Waals surface area contributed by atoms with Crippen LogP contribution in [0.3, 0.4) is 0 Å². The molecule has 0 fully saturated rings. The van der Waals surface area contributed by atoms with Crippen molar-refractivity contribution in [1.82, 2.24) is 4.98 Å². The summed E-state index contributed by atoms with van der Waals surface area (Å²) in [4.78, 5) is 17.7. The number of hydrogen-bond acceptors (Lipinski definition) is 4. The molecule has 30 heavy (non-hydrogen) atoms. The molecule has 4 heteroatoms. The third-order valence-corrected chi connectivity index (χ3v) is 5.40. The Labute approximate surface area is 175 Å². The molecular formula is C26H21NO3. The summed E-state index contributed by atoms with van der Waals surface area (Å²) in [6, 6.07) is 27.5. The summed E-state index contributed by atoms with van der Waals surface area (Å²) in [5.74, 6) is 1.19. The quantitative estimate of drug-likeness (QED) is 0.463. The number of nitrogens with zero attached hydrogens (tertiary/aromatic N) is 1. The number of fused-ring (bicyclic) bond motifs is 2. The highest BCUT2D eigenvalue weighted by molar-refractivity contribution is 6.01. The molecule has 4 aromatic rings. The van der Waals surface area contributed by atoms with Crippen molar-refractivity contribution >= 4 is 16.7 Å². The van der Waals surface area contributed by atoms with Crippen molar-refractivity contribution in [2.24, 2.45) is 5.92 Å². The van der Waals surface area contributed by atoms with Gasteiger partial charge in [0.25, 0.3) is 0 Å². The SMILES string of the molecule is O=C1c2cc(OCc3ccc4ccccc4n3)ccc2OCC1Cc1ccccc1. The maximum atomic E-state index is 13.0. The Morgan fingerprint density at radius 3 is 2.67 bits per heavy atom. The van der Waals surface area contributed by atoms with Crippen LogP contribution in [0.25, 0.3) is 10.9 Å². The number of ketones is 1. The maximum Gasteiger partial charge on any atom is 0.173 e. The number of aromatic nitrogens is 1. The minimum absolute atomic E-state index is 0.106. The Bertz CT molecular complexity index is 1200. The summed E-state index contributed by atoms with van der Waals surface area (Å²) in [7, 11) is 0. The van der Waals surface area contributed by atoms with Gasteiger partial charge in [0.1, 0.15) is 18.1 Å². The van der Waals surface area contributed by atoms with Crippen LogP contribution in [0.4, 0.5) is 0 Å². The summed E-state index contributed by atoms with van der Waals surface area (Å²) in [6.07, 6.45) is 0.672.